The number of aromatic amines is 1. The van der Waals surface area contributed by atoms with Crippen molar-refractivity contribution in [3.05, 3.63) is 45.8 Å². The number of rotatable bonds is 5. The van der Waals surface area contributed by atoms with Crippen LogP contribution in [0.25, 0.3) is 21.3 Å². The molecule has 0 aliphatic heterocycles. The van der Waals surface area contributed by atoms with E-state index in [-0.39, 0.29) is 29.1 Å². The second kappa shape index (κ2) is 7.37. The first-order valence-corrected chi connectivity index (χ1v) is 9.50. The number of carbonyl (C=O) groups excluding carboxylic acids is 1. The third-order valence-corrected chi connectivity index (χ3v) is 5.11. The van der Waals surface area contributed by atoms with Gasteiger partial charge in [0, 0.05) is 17.0 Å². The van der Waals surface area contributed by atoms with Crippen LogP contribution in [0.3, 0.4) is 0 Å². The molecule has 2 aromatic heterocycles. The lowest BCUT2D eigenvalue weighted by Gasteiger charge is -2.07. The number of hydrogen-bond donors (Lipinski definition) is 2. The van der Waals surface area contributed by atoms with Gasteiger partial charge in [-0.15, -0.1) is 11.3 Å². The number of nitrogens with one attached hydrogen (secondary N) is 2. The summed E-state index contributed by atoms with van der Waals surface area (Å²) in [5.41, 5.74) is 1.22. The second-order valence-electron chi connectivity index (χ2n) is 5.72. The quantitative estimate of drug-likeness (QED) is 0.528. The lowest BCUT2D eigenvalue weighted by atomic mass is 10.1. The van der Waals surface area contributed by atoms with Crippen LogP contribution in [0.1, 0.15) is 13.8 Å². The van der Waals surface area contributed by atoms with Gasteiger partial charge in [-0.25, -0.2) is 9.37 Å². The first-order valence-electron chi connectivity index (χ1n) is 7.63. The van der Waals surface area contributed by atoms with E-state index in [4.69, 9.17) is 0 Å². The van der Waals surface area contributed by atoms with Crippen molar-refractivity contribution in [2.45, 2.75) is 25.0 Å². The topological polar surface area (TPSA) is 74.8 Å². The Morgan fingerprint density at radius 1 is 1.36 bits per heavy atom. The van der Waals surface area contributed by atoms with Gasteiger partial charge >= 0.3 is 0 Å². The molecule has 0 unspecified atom stereocenters. The molecule has 0 fully saturated rings. The molecule has 2 N–H and O–H groups in total. The highest BCUT2D eigenvalue weighted by molar-refractivity contribution is 7.99. The lowest BCUT2D eigenvalue weighted by molar-refractivity contribution is -0.119. The molecule has 0 saturated heterocycles. The third-order valence-electron chi connectivity index (χ3n) is 3.37. The highest BCUT2D eigenvalue weighted by Crippen LogP contribution is 2.31. The fraction of sp³-hybridized carbons (Fsp3) is 0.235. The summed E-state index contributed by atoms with van der Waals surface area (Å²) in [6.45, 7) is 3.77. The minimum Gasteiger partial charge on any atom is -0.353 e. The number of amides is 1. The standard InChI is InChI=1S/C17H16FN3O2S2/c1-9(2)19-13(22)8-25-17-20-15(23)14-12(7-24-16(14)21-17)10-3-5-11(18)6-4-10/h3-7,9H,8H2,1-2H3,(H,19,22)(H,20,21,23). The zero-order valence-corrected chi connectivity index (χ0v) is 15.3. The van der Waals surface area contributed by atoms with Crippen molar-refractivity contribution < 1.29 is 9.18 Å². The van der Waals surface area contributed by atoms with Gasteiger partial charge in [0.2, 0.25) is 5.91 Å². The van der Waals surface area contributed by atoms with Crippen LogP contribution < -0.4 is 10.9 Å². The highest BCUT2D eigenvalue weighted by atomic mass is 32.2. The molecule has 2 heterocycles. The fourth-order valence-corrected chi connectivity index (χ4v) is 4.01. The molecule has 0 atom stereocenters. The maximum Gasteiger partial charge on any atom is 0.260 e. The Bertz CT molecular complexity index is 964. The average Bonchev–Trinajstić information content (AvgIpc) is 2.97. The number of benzene rings is 1. The van der Waals surface area contributed by atoms with Crippen molar-refractivity contribution >= 4 is 39.2 Å². The summed E-state index contributed by atoms with van der Waals surface area (Å²) in [5.74, 6) is -0.252. The summed E-state index contributed by atoms with van der Waals surface area (Å²) in [4.78, 5) is 31.9. The maximum absolute atomic E-state index is 13.1. The summed E-state index contributed by atoms with van der Waals surface area (Å²) < 4.78 is 13.1. The van der Waals surface area contributed by atoms with Crippen molar-refractivity contribution in [1.29, 1.82) is 0 Å². The van der Waals surface area contributed by atoms with E-state index in [2.05, 4.69) is 15.3 Å². The number of hydrogen-bond acceptors (Lipinski definition) is 5. The number of carbonyl (C=O) groups is 1. The number of aromatic nitrogens is 2. The van der Waals surface area contributed by atoms with E-state index in [1.54, 1.807) is 12.1 Å². The van der Waals surface area contributed by atoms with Gasteiger partial charge in [-0.05, 0) is 31.5 Å². The molecular formula is C17H16FN3O2S2. The molecule has 0 saturated carbocycles. The summed E-state index contributed by atoms with van der Waals surface area (Å²) in [6, 6.07) is 6.05. The van der Waals surface area contributed by atoms with Gasteiger partial charge in [0.1, 0.15) is 10.6 Å². The molecular weight excluding hydrogens is 361 g/mol. The predicted molar refractivity (Wildman–Crippen MR) is 99.6 cm³/mol. The van der Waals surface area contributed by atoms with E-state index in [0.717, 1.165) is 11.1 Å². The molecule has 130 valence electrons. The van der Waals surface area contributed by atoms with Crippen LogP contribution >= 0.6 is 23.1 Å². The highest BCUT2D eigenvalue weighted by Gasteiger charge is 2.14. The Hall–Kier alpha value is -2.19. The molecule has 3 aromatic rings. The van der Waals surface area contributed by atoms with Crippen LogP contribution in [0, 0.1) is 5.82 Å². The van der Waals surface area contributed by atoms with Gasteiger partial charge in [0.05, 0.1) is 11.1 Å². The van der Waals surface area contributed by atoms with E-state index in [9.17, 15) is 14.0 Å². The summed E-state index contributed by atoms with van der Waals surface area (Å²) in [7, 11) is 0. The van der Waals surface area contributed by atoms with E-state index in [1.807, 2.05) is 19.2 Å². The van der Waals surface area contributed by atoms with Gasteiger partial charge in [-0.1, -0.05) is 23.9 Å². The molecule has 0 spiro atoms. The van der Waals surface area contributed by atoms with Gasteiger partial charge < -0.3 is 10.3 Å². The Kier molecular flexibility index (Phi) is 5.19. The van der Waals surface area contributed by atoms with Gasteiger partial charge in [-0.3, -0.25) is 9.59 Å². The minimum absolute atomic E-state index is 0.0677. The Morgan fingerprint density at radius 3 is 2.76 bits per heavy atom. The smallest absolute Gasteiger partial charge is 0.260 e. The van der Waals surface area contributed by atoms with Crippen molar-refractivity contribution in [3.8, 4) is 11.1 Å². The lowest BCUT2D eigenvalue weighted by Crippen LogP contribution is -2.31. The number of H-pyrrole nitrogens is 1. The number of thiophene rings is 1. The molecule has 0 aliphatic rings. The average molecular weight is 377 g/mol. The minimum atomic E-state index is -0.325. The molecule has 5 nitrogen and oxygen atoms in total. The Morgan fingerprint density at radius 2 is 2.08 bits per heavy atom. The molecule has 8 heteroatoms. The second-order valence-corrected chi connectivity index (χ2v) is 7.54. The Balaban J connectivity index is 1.88. The monoisotopic (exact) mass is 377 g/mol. The van der Waals surface area contributed by atoms with Gasteiger partial charge in [0.25, 0.3) is 5.56 Å². The van der Waals surface area contributed by atoms with E-state index >= 15 is 0 Å². The third kappa shape index (κ3) is 4.08. The molecule has 0 bridgehead atoms. The molecule has 0 radical (unpaired) electrons. The van der Waals surface area contributed by atoms with E-state index in [1.165, 1.54) is 35.2 Å². The van der Waals surface area contributed by atoms with Crippen molar-refractivity contribution in [1.82, 2.24) is 15.3 Å². The number of fused-ring (bicyclic) bond motifs is 1. The van der Waals surface area contributed by atoms with Crippen LogP contribution in [0.2, 0.25) is 0 Å². The van der Waals surface area contributed by atoms with Crippen molar-refractivity contribution in [3.63, 3.8) is 0 Å². The van der Waals surface area contributed by atoms with Crippen molar-refractivity contribution in [2.75, 3.05) is 5.75 Å². The molecule has 25 heavy (non-hydrogen) atoms. The number of thioether (sulfide) groups is 1. The molecule has 1 aromatic carbocycles. The van der Waals surface area contributed by atoms with Crippen molar-refractivity contribution in [2.24, 2.45) is 0 Å². The number of halogens is 1. The van der Waals surface area contributed by atoms with Crippen LogP contribution in [0.5, 0.6) is 0 Å². The first-order chi connectivity index (χ1) is 11.9. The van der Waals surface area contributed by atoms with Gasteiger partial charge in [-0.2, -0.15) is 0 Å². The zero-order chi connectivity index (χ0) is 18.0. The first kappa shape index (κ1) is 17.6. The summed E-state index contributed by atoms with van der Waals surface area (Å²) >= 11 is 2.53. The maximum atomic E-state index is 13.1. The Labute approximate surface area is 151 Å². The van der Waals surface area contributed by atoms with E-state index < -0.39 is 0 Å². The molecule has 1 amide bonds. The van der Waals surface area contributed by atoms with Gasteiger partial charge in [0.15, 0.2) is 5.16 Å². The number of nitrogens with zero attached hydrogens (tertiary/aromatic N) is 1. The molecule has 0 aliphatic carbocycles. The van der Waals surface area contributed by atoms with Crippen LogP contribution in [0.4, 0.5) is 4.39 Å². The molecule has 3 rings (SSSR count). The zero-order valence-electron chi connectivity index (χ0n) is 13.6. The normalized spacial score (nSPS) is 11.2. The van der Waals surface area contributed by atoms with E-state index in [0.29, 0.717) is 15.4 Å². The SMILES string of the molecule is CC(C)NC(=O)CSc1nc2scc(-c3ccc(F)cc3)c2c(=O)[nH]1. The fourth-order valence-electron chi connectivity index (χ4n) is 2.34. The summed E-state index contributed by atoms with van der Waals surface area (Å²) in [5, 5.41) is 5.51. The van der Waals surface area contributed by atoms with Crippen LogP contribution in [0.15, 0.2) is 39.6 Å². The largest absolute Gasteiger partial charge is 0.353 e. The summed E-state index contributed by atoms with van der Waals surface area (Å²) in [6.07, 6.45) is 0. The van der Waals surface area contributed by atoms with Crippen LogP contribution in [-0.2, 0) is 4.79 Å². The predicted octanol–water partition coefficient (Wildman–Crippen LogP) is 3.41. The van der Waals surface area contributed by atoms with Crippen LogP contribution in [-0.4, -0.2) is 27.7 Å².